The van der Waals surface area contributed by atoms with Gasteiger partial charge in [-0.25, -0.2) is 13.2 Å². The lowest BCUT2D eigenvalue weighted by Gasteiger charge is -2.20. The summed E-state index contributed by atoms with van der Waals surface area (Å²) in [4.78, 5) is 0. The fourth-order valence-electron chi connectivity index (χ4n) is 2.18. The van der Waals surface area contributed by atoms with Crippen molar-refractivity contribution in [3.05, 3.63) is 65.0 Å². The Morgan fingerprint density at radius 1 is 0.952 bits per heavy atom. The van der Waals surface area contributed by atoms with E-state index in [2.05, 4.69) is 5.32 Å². The number of benzene rings is 2. The summed E-state index contributed by atoms with van der Waals surface area (Å²) in [6, 6.07) is 7.77. The highest BCUT2D eigenvalue weighted by Gasteiger charge is 2.17. The molecule has 2 aromatic carbocycles. The van der Waals surface area contributed by atoms with Gasteiger partial charge in [0.1, 0.15) is 0 Å². The summed E-state index contributed by atoms with van der Waals surface area (Å²) in [7, 11) is 1.38. The van der Waals surface area contributed by atoms with Crippen molar-refractivity contribution in [1.29, 1.82) is 0 Å². The normalized spacial score (nSPS) is 12.2. The van der Waals surface area contributed by atoms with E-state index < -0.39 is 17.5 Å². The van der Waals surface area contributed by atoms with Crippen molar-refractivity contribution in [1.82, 2.24) is 5.32 Å². The molecule has 0 fully saturated rings. The third-order valence-corrected chi connectivity index (χ3v) is 3.19. The minimum atomic E-state index is -0.913. The molecule has 21 heavy (non-hydrogen) atoms. The van der Waals surface area contributed by atoms with E-state index in [1.54, 1.807) is 12.1 Å². The summed E-state index contributed by atoms with van der Waals surface area (Å²) in [5, 5.41) is 3.17. The average molecular weight is 295 g/mol. The Bertz CT molecular complexity index is 631. The van der Waals surface area contributed by atoms with Crippen LogP contribution in [0.4, 0.5) is 13.2 Å². The lowest BCUT2D eigenvalue weighted by molar-refractivity contribution is 0.385. The van der Waals surface area contributed by atoms with Crippen molar-refractivity contribution >= 4 is 0 Å². The van der Waals surface area contributed by atoms with Crippen LogP contribution in [0.25, 0.3) is 0 Å². The molecule has 0 radical (unpaired) electrons. The maximum Gasteiger partial charge on any atom is 0.165 e. The van der Waals surface area contributed by atoms with E-state index in [0.29, 0.717) is 17.7 Å². The van der Waals surface area contributed by atoms with Crippen molar-refractivity contribution in [2.75, 3.05) is 13.7 Å². The largest absolute Gasteiger partial charge is 0.494 e. The zero-order valence-corrected chi connectivity index (χ0v) is 11.8. The maximum absolute atomic E-state index is 13.5. The molecule has 112 valence electrons. The van der Waals surface area contributed by atoms with Crippen LogP contribution >= 0.6 is 0 Å². The van der Waals surface area contributed by atoms with Crippen molar-refractivity contribution in [2.24, 2.45) is 0 Å². The molecular formula is C16H16F3NO. The molecule has 0 aliphatic rings. The van der Waals surface area contributed by atoms with Gasteiger partial charge < -0.3 is 10.1 Å². The Morgan fingerprint density at radius 2 is 1.57 bits per heavy atom. The summed E-state index contributed by atoms with van der Waals surface area (Å²) in [6.45, 7) is 2.51. The van der Waals surface area contributed by atoms with E-state index in [0.717, 1.165) is 12.1 Å². The Balaban J connectivity index is 2.44. The predicted molar refractivity (Wildman–Crippen MR) is 74.8 cm³/mol. The van der Waals surface area contributed by atoms with Crippen LogP contribution in [0.1, 0.15) is 24.1 Å². The van der Waals surface area contributed by atoms with E-state index >= 15 is 0 Å². The molecule has 2 nitrogen and oxygen atoms in total. The third-order valence-electron chi connectivity index (χ3n) is 3.19. The Morgan fingerprint density at radius 3 is 2.14 bits per heavy atom. The van der Waals surface area contributed by atoms with E-state index in [1.807, 2.05) is 6.92 Å². The molecule has 0 aliphatic carbocycles. The van der Waals surface area contributed by atoms with Gasteiger partial charge in [0.05, 0.1) is 13.2 Å². The van der Waals surface area contributed by atoms with Crippen LogP contribution in [0.3, 0.4) is 0 Å². The lowest BCUT2D eigenvalue weighted by Crippen LogP contribution is -2.22. The zero-order chi connectivity index (χ0) is 15.4. The quantitative estimate of drug-likeness (QED) is 0.905. The van der Waals surface area contributed by atoms with Crippen LogP contribution in [-0.4, -0.2) is 13.7 Å². The van der Waals surface area contributed by atoms with Gasteiger partial charge in [0.25, 0.3) is 0 Å². The molecule has 1 unspecified atom stereocenters. The Hall–Kier alpha value is -2.01. The number of halogens is 3. The molecule has 0 heterocycles. The topological polar surface area (TPSA) is 21.3 Å². The average Bonchev–Trinajstić information content (AvgIpc) is 2.48. The Kier molecular flexibility index (Phi) is 4.85. The molecule has 0 amide bonds. The van der Waals surface area contributed by atoms with Gasteiger partial charge in [-0.3, -0.25) is 0 Å². The van der Waals surface area contributed by atoms with Crippen LogP contribution in [-0.2, 0) is 0 Å². The lowest BCUT2D eigenvalue weighted by atomic mass is 9.98. The molecule has 0 aliphatic heterocycles. The number of nitrogens with one attached hydrogen (secondary N) is 1. The molecule has 2 aromatic rings. The number of hydrogen-bond donors (Lipinski definition) is 1. The monoisotopic (exact) mass is 295 g/mol. The van der Waals surface area contributed by atoms with Gasteiger partial charge in [0.2, 0.25) is 0 Å². The predicted octanol–water partition coefficient (Wildman–Crippen LogP) is 3.81. The van der Waals surface area contributed by atoms with Crippen LogP contribution < -0.4 is 10.1 Å². The summed E-state index contributed by atoms with van der Waals surface area (Å²) in [5.41, 5.74) is 1.27. The minimum Gasteiger partial charge on any atom is -0.494 e. The van der Waals surface area contributed by atoms with Gasteiger partial charge in [-0.1, -0.05) is 19.1 Å². The van der Waals surface area contributed by atoms with Crippen LogP contribution in [0, 0.1) is 17.5 Å². The molecule has 1 N–H and O–H groups in total. The summed E-state index contributed by atoms with van der Waals surface area (Å²) in [5.74, 6) is -2.17. The molecule has 0 saturated heterocycles. The minimum absolute atomic E-state index is 0.109. The molecule has 5 heteroatoms. The van der Waals surface area contributed by atoms with E-state index in [1.165, 1.54) is 19.2 Å². The fraction of sp³-hybridized carbons (Fsp3) is 0.250. The van der Waals surface area contributed by atoms with Gasteiger partial charge in [-0.05, 0) is 41.9 Å². The van der Waals surface area contributed by atoms with E-state index in [-0.39, 0.29) is 11.8 Å². The number of hydrogen-bond acceptors (Lipinski definition) is 2. The van der Waals surface area contributed by atoms with E-state index in [9.17, 15) is 13.2 Å². The fourth-order valence-corrected chi connectivity index (χ4v) is 2.18. The second kappa shape index (κ2) is 6.63. The summed E-state index contributed by atoms with van der Waals surface area (Å²) >= 11 is 0. The molecule has 1 atom stereocenters. The second-order valence-corrected chi connectivity index (χ2v) is 4.56. The number of rotatable bonds is 5. The first-order chi connectivity index (χ1) is 10.1. The summed E-state index contributed by atoms with van der Waals surface area (Å²) in [6.07, 6.45) is 0. The van der Waals surface area contributed by atoms with Crippen molar-refractivity contribution in [3.63, 3.8) is 0 Å². The molecule has 2 rings (SSSR count). The highest BCUT2D eigenvalue weighted by molar-refractivity contribution is 5.38. The van der Waals surface area contributed by atoms with Gasteiger partial charge in [-0.15, -0.1) is 0 Å². The van der Waals surface area contributed by atoms with Crippen LogP contribution in [0.15, 0.2) is 36.4 Å². The van der Waals surface area contributed by atoms with Gasteiger partial charge >= 0.3 is 0 Å². The highest BCUT2D eigenvalue weighted by atomic mass is 19.2. The first-order valence-corrected chi connectivity index (χ1v) is 6.58. The standard InChI is InChI=1S/C16H16F3NO/c1-3-20-16(10-4-6-12(17)14(19)8-10)11-5-7-13(18)15(9-11)21-2/h4-9,16,20H,3H2,1-2H3. The van der Waals surface area contributed by atoms with Crippen LogP contribution in [0.2, 0.25) is 0 Å². The van der Waals surface area contributed by atoms with Crippen LogP contribution in [0.5, 0.6) is 5.75 Å². The molecule has 0 aromatic heterocycles. The first-order valence-electron chi connectivity index (χ1n) is 6.58. The smallest absolute Gasteiger partial charge is 0.165 e. The van der Waals surface area contributed by atoms with Crippen molar-refractivity contribution in [2.45, 2.75) is 13.0 Å². The zero-order valence-electron chi connectivity index (χ0n) is 11.8. The van der Waals surface area contributed by atoms with E-state index in [4.69, 9.17) is 4.74 Å². The van der Waals surface area contributed by atoms with Gasteiger partial charge in [0, 0.05) is 0 Å². The van der Waals surface area contributed by atoms with Crippen molar-refractivity contribution in [3.8, 4) is 5.75 Å². The molecular weight excluding hydrogens is 279 g/mol. The molecule has 0 bridgehead atoms. The van der Waals surface area contributed by atoms with Crippen molar-refractivity contribution < 1.29 is 17.9 Å². The SMILES string of the molecule is CCNC(c1ccc(F)c(F)c1)c1ccc(F)c(OC)c1. The highest BCUT2D eigenvalue weighted by Crippen LogP contribution is 2.28. The first kappa shape index (κ1) is 15.4. The third kappa shape index (κ3) is 3.36. The number of ether oxygens (including phenoxy) is 1. The second-order valence-electron chi connectivity index (χ2n) is 4.56. The maximum atomic E-state index is 13.5. The Labute approximate surface area is 121 Å². The molecule has 0 saturated carbocycles. The van der Waals surface area contributed by atoms with Gasteiger partial charge in [-0.2, -0.15) is 0 Å². The molecule has 0 spiro atoms. The van der Waals surface area contributed by atoms with Gasteiger partial charge in [0.15, 0.2) is 23.2 Å². The number of methoxy groups -OCH3 is 1. The summed E-state index contributed by atoms with van der Waals surface area (Å²) < 4.78 is 44.9.